The van der Waals surface area contributed by atoms with Gasteiger partial charge in [-0.25, -0.2) is 4.98 Å². The van der Waals surface area contributed by atoms with E-state index in [-0.39, 0.29) is 6.04 Å². The second kappa shape index (κ2) is 6.80. The van der Waals surface area contributed by atoms with Crippen LogP contribution in [0.3, 0.4) is 0 Å². The third kappa shape index (κ3) is 3.86. The first kappa shape index (κ1) is 14.2. The molecule has 102 valence electrons. The minimum Gasteiger partial charge on any atom is -0.330 e. The van der Waals surface area contributed by atoms with Gasteiger partial charge in [0.25, 0.3) is 0 Å². The quantitative estimate of drug-likeness (QED) is 0.852. The Kier molecular flexibility index (Phi) is 5.07. The average Bonchev–Trinajstić information content (AvgIpc) is 2.84. The molecular weight excluding hydrogens is 254 g/mol. The molecule has 2 aromatic rings. The summed E-state index contributed by atoms with van der Waals surface area (Å²) in [6.45, 7) is 5.74. The molecule has 4 heteroatoms. The van der Waals surface area contributed by atoms with Crippen molar-refractivity contribution in [1.29, 1.82) is 0 Å². The Morgan fingerprint density at radius 2 is 2.05 bits per heavy atom. The van der Waals surface area contributed by atoms with E-state index in [2.05, 4.69) is 46.9 Å². The molecular formula is C15H21N3S. The van der Waals surface area contributed by atoms with Crippen molar-refractivity contribution in [3.63, 3.8) is 0 Å². The number of benzene rings is 1. The molecule has 1 aromatic carbocycles. The van der Waals surface area contributed by atoms with E-state index in [1.54, 1.807) is 11.3 Å². The SMILES string of the molecule is Cc1csc(C(C)NCc2ccccc2CCN)n1. The van der Waals surface area contributed by atoms with Crippen LogP contribution in [0, 0.1) is 6.92 Å². The predicted molar refractivity (Wildman–Crippen MR) is 81.3 cm³/mol. The molecule has 1 heterocycles. The third-order valence-corrected chi connectivity index (χ3v) is 4.28. The standard InChI is InChI=1S/C15H21N3S/c1-11-10-19-15(18-11)12(2)17-9-14-6-4-3-5-13(14)7-8-16/h3-6,10,12,17H,7-9,16H2,1-2H3. The lowest BCUT2D eigenvalue weighted by Crippen LogP contribution is -2.19. The van der Waals surface area contributed by atoms with Crippen molar-refractivity contribution in [2.45, 2.75) is 32.9 Å². The monoisotopic (exact) mass is 275 g/mol. The number of hydrogen-bond acceptors (Lipinski definition) is 4. The van der Waals surface area contributed by atoms with Crippen molar-refractivity contribution in [3.8, 4) is 0 Å². The van der Waals surface area contributed by atoms with Crippen molar-refractivity contribution >= 4 is 11.3 Å². The number of rotatable bonds is 6. The second-order valence-electron chi connectivity index (χ2n) is 4.74. The first-order chi connectivity index (χ1) is 9.20. The smallest absolute Gasteiger partial charge is 0.110 e. The van der Waals surface area contributed by atoms with E-state index in [0.717, 1.165) is 23.7 Å². The van der Waals surface area contributed by atoms with E-state index < -0.39 is 0 Å². The van der Waals surface area contributed by atoms with Gasteiger partial charge in [0, 0.05) is 17.6 Å². The number of hydrogen-bond donors (Lipinski definition) is 2. The van der Waals surface area contributed by atoms with Crippen LogP contribution in [0.5, 0.6) is 0 Å². The zero-order valence-corrected chi connectivity index (χ0v) is 12.3. The van der Waals surface area contributed by atoms with Gasteiger partial charge in [-0.2, -0.15) is 0 Å². The van der Waals surface area contributed by atoms with Gasteiger partial charge in [0.05, 0.1) is 6.04 Å². The van der Waals surface area contributed by atoms with Crippen molar-refractivity contribution in [3.05, 3.63) is 51.5 Å². The van der Waals surface area contributed by atoms with Crippen LogP contribution < -0.4 is 11.1 Å². The fourth-order valence-corrected chi connectivity index (χ4v) is 2.88. The number of nitrogens with two attached hydrogens (primary N) is 1. The summed E-state index contributed by atoms with van der Waals surface area (Å²) in [6, 6.07) is 8.75. The summed E-state index contributed by atoms with van der Waals surface area (Å²) in [5.41, 5.74) is 9.41. The Morgan fingerprint density at radius 1 is 1.32 bits per heavy atom. The molecule has 1 unspecified atom stereocenters. The van der Waals surface area contributed by atoms with Crippen LogP contribution in [-0.2, 0) is 13.0 Å². The average molecular weight is 275 g/mol. The van der Waals surface area contributed by atoms with E-state index >= 15 is 0 Å². The molecule has 2 rings (SSSR count). The molecule has 0 aliphatic heterocycles. The van der Waals surface area contributed by atoms with E-state index in [1.807, 2.05) is 6.92 Å². The van der Waals surface area contributed by atoms with Gasteiger partial charge in [-0.3, -0.25) is 0 Å². The van der Waals surface area contributed by atoms with Crippen LogP contribution >= 0.6 is 11.3 Å². The van der Waals surface area contributed by atoms with Gasteiger partial charge in [-0.15, -0.1) is 11.3 Å². The summed E-state index contributed by atoms with van der Waals surface area (Å²) in [5.74, 6) is 0. The predicted octanol–water partition coefficient (Wildman–Crippen LogP) is 2.80. The van der Waals surface area contributed by atoms with E-state index in [4.69, 9.17) is 5.73 Å². The molecule has 0 aliphatic rings. The van der Waals surface area contributed by atoms with Crippen molar-refractivity contribution in [2.24, 2.45) is 5.73 Å². The summed E-state index contributed by atoms with van der Waals surface area (Å²) in [5, 5.41) is 6.77. The Bertz CT molecular complexity index is 522. The molecule has 0 saturated carbocycles. The number of aromatic nitrogens is 1. The molecule has 0 radical (unpaired) electrons. The lowest BCUT2D eigenvalue weighted by atomic mass is 10.0. The van der Waals surface area contributed by atoms with Gasteiger partial charge in [-0.05, 0) is 37.9 Å². The number of nitrogens with one attached hydrogen (secondary N) is 1. The minimum absolute atomic E-state index is 0.282. The van der Waals surface area contributed by atoms with E-state index in [9.17, 15) is 0 Å². The Balaban J connectivity index is 1.98. The Labute approximate surface area is 118 Å². The fraction of sp³-hybridized carbons (Fsp3) is 0.400. The molecule has 0 bridgehead atoms. The van der Waals surface area contributed by atoms with E-state index in [0.29, 0.717) is 6.54 Å². The van der Waals surface area contributed by atoms with Crippen LogP contribution in [0.4, 0.5) is 0 Å². The summed E-state index contributed by atoms with van der Waals surface area (Å²) in [4.78, 5) is 4.52. The van der Waals surface area contributed by atoms with Crippen LogP contribution in [0.1, 0.15) is 34.8 Å². The zero-order chi connectivity index (χ0) is 13.7. The molecule has 1 atom stereocenters. The highest BCUT2D eigenvalue weighted by molar-refractivity contribution is 7.09. The highest BCUT2D eigenvalue weighted by Gasteiger charge is 2.09. The van der Waals surface area contributed by atoms with Gasteiger partial charge in [0.2, 0.25) is 0 Å². The third-order valence-electron chi connectivity index (χ3n) is 3.14. The molecule has 0 aliphatic carbocycles. The van der Waals surface area contributed by atoms with Crippen LogP contribution in [-0.4, -0.2) is 11.5 Å². The Hall–Kier alpha value is -1.23. The summed E-state index contributed by atoms with van der Waals surface area (Å²) in [7, 11) is 0. The lowest BCUT2D eigenvalue weighted by Gasteiger charge is -2.14. The molecule has 0 saturated heterocycles. The van der Waals surface area contributed by atoms with E-state index in [1.165, 1.54) is 11.1 Å². The number of thiazole rings is 1. The van der Waals surface area contributed by atoms with Crippen molar-refractivity contribution in [1.82, 2.24) is 10.3 Å². The van der Waals surface area contributed by atoms with Crippen molar-refractivity contribution < 1.29 is 0 Å². The number of aryl methyl sites for hydroxylation is 1. The Morgan fingerprint density at radius 3 is 2.68 bits per heavy atom. The molecule has 1 aromatic heterocycles. The largest absolute Gasteiger partial charge is 0.330 e. The van der Waals surface area contributed by atoms with Crippen LogP contribution in [0.2, 0.25) is 0 Å². The highest BCUT2D eigenvalue weighted by atomic mass is 32.1. The lowest BCUT2D eigenvalue weighted by molar-refractivity contribution is 0.568. The molecule has 3 N–H and O–H groups in total. The second-order valence-corrected chi connectivity index (χ2v) is 5.63. The highest BCUT2D eigenvalue weighted by Crippen LogP contribution is 2.18. The van der Waals surface area contributed by atoms with Gasteiger partial charge < -0.3 is 11.1 Å². The molecule has 0 spiro atoms. The summed E-state index contributed by atoms with van der Waals surface area (Å²) in [6.07, 6.45) is 0.933. The first-order valence-corrected chi connectivity index (χ1v) is 7.51. The normalized spacial score (nSPS) is 12.6. The van der Waals surface area contributed by atoms with Gasteiger partial charge in [0.15, 0.2) is 0 Å². The minimum atomic E-state index is 0.282. The fourth-order valence-electron chi connectivity index (χ4n) is 2.05. The molecule has 19 heavy (non-hydrogen) atoms. The first-order valence-electron chi connectivity index (χ1n) is 6.63. The van der Waals surface area contributed by atoms with Crippen LogP contribution in [0.25, 0.3) is 0 Å². The summed E-state index contributed by atoms with van der Waals surface area (Å²) < 4.78 is 0. The van der Waals surface area contributed by atoms with Gasteiger partial charge >= 0.3 is 0 Å². The van der Waals surface area contributed by atoms with Gasteiger partial charge in [-0.1, -0.05) is 24.3 Å². The maximum atomic E-state index is 5.65. The molecule has 0 fully saturated rings. The zero-order valence-electron chi connectivity index (χ0n) is 11.5. The van der Waals surface area contributed by atoms with Crippen molar-refractivity contribution in [2.75, 3.05) is 6.54 Å². The number of nitrogens with zero attached hydrogens (tertiary/aromatic N) is 1. The summed E-state index contributed by atoms with van der Waals surface area (Å²) >= 11 is 1.71. The molecule has 3 nitrogen and oxygen atoms in total. The molecule has 0 amide bonds. The topological polar surface area (TPSA) is 50.9 Å². The maximum absolute atomic E-state index is 5.65. The maximum Gasteiger partial charge on any atom is 0.110 e. The van der Waals surface area contributed by atoms with Crippen LogP contribution in [0.15, 0.2) is 29.6 Å². The van der Waals surface area contributed by atoms with Gasteiger partial charge in [0.1, 0.15) is 5.01 Å².